The molecule has 0 radical (unpaired) electrons. The zero-order valence-electron chi connectivity index (χ0n) is 15.7. The molecule has 0 aromatic heterocycles. The second-order valence-corrected chi connectivity index (χ2v) is 8.26. The Morgan fingerprint density at radius 2 is 1.73 bits per heavy atom. The van der Waals surface area contributed by atoms with Crippen LogP contribution in [0.5, 0.6) is 0 Å². The summed E-state index contributed by atoms with van der Waals surface area (Å²) in [5.41, 5.74) is 3.68. The van der Waals surface area contributed by atoms with Crippen LogP contribution < -0.4 is 9.62 Å². The molecule has 140 valence electrons. The van der Waals surface area contributed by atoms with Crippen LogP contribution in [0.4, 0.5) is 5.69 Å². The molecule has 1 amide bonds. The van der Waals surface area contributed by atoms with E-state index in [0.29, 0.717) is 12.2 Å². The summed E-state index contributed by atoms with van der Waals surface area (Å²) in [5.74, 6) is -0.335. The van der Waals surface area contributed by atoms with E-state index in [1.165, 1.54) is 4.31 Å². The van der Waals surface area contributed by atoms with E-state index in [2.05, 4.69) is 5.32 Å². The minimum Gasteiger partial charge on any atom is -0.350 e. The summed E-state index contributed by atoms with van der Waals surface area (Å²) in [5, 5.41) is 2.84. The fourth-order valence-corrected chi connectivity index (χ4v) is 4.00. The largest absolute Gasteiger partial charge is 0.350 e. The first-order valence-electron chi connectivity index (χ1n) is 8.64. The monoisotopic (exact) mass is 374 g/mol. The van der Waals surface area contributed by atoms with Gasteiger partial charge in [-0.05, 0) is 49.1 Å². The Morgan fingerprint density at radius 3 is 2.27 bits per heavy atom. The topological polar surface area (TPSA) is 66.5 Å². The van der Waals surface area contributed by atoms with Crippen LogP contribution in [0.3, 0.4) is 0 Å². The van der Waals surface area contributed by atoms with E-state index in [0.717, 1.165) is 29.4 Å². The molecule has 0 heterocycles. The van der Waals surface area contributed by atoms with Gasteiger partial charge >= 0.3 is 0 Å². The van der Waals surface area contributed by atoms with Crippen molar-refractivity contribution in [3.8, 4) is 0 Å². The number of hydrogen-bond donors (Lipinski definition) is 1. The van der Waals surface area contributed by atoms with Crippen molar-refractivity contribution in [3.05, 3.63) is 65.2 Å². The van der Waals surface area contributed by atoms with Crippen molar-refractivity contribution in [2.24, 2.45) is 0 Å². The lowest BCUT2D eigenvalue weighted by Gasteiger charge is -2.28. The SMILES string of the molecule is CCc1ccc(N([C@H](C)C(=O)NCc2ccccc2C)S(C)(=O)=O)cc1. The second kappa shape index (κ2) is 8.36. The molecular weight excluding hydrogens is 348 g/mol. The molecule has 26 heavy (non-hydrogen) atoms. The maximum Gasteiger partial charge on any atom is 0.243 e. The standard InChI is InChI=1S/C20H26N2O3S/c1-5-17-10-12-19(13-11-17)22(26(4,24)25)16(3)20(23)21-14-18-9-7-6-8-15(18)2/h6-13,16H,5,14H2,1-4H3,(H,21,23)/t16-/m1/s1. The molecule has 0 saturated heterocycles. The van der Waals surface area contributed by atoms with Gasteiger partial charge in [0.2, 0.25) is 15.9 Å². The van der Waals surface area contributed by atoms with Gasteiger partial charge in [-0.2, -0.15) is 0 Å². The summed E-state index contributed by atoms with van der Waals surface area (Å²) in [6.07, 6.45) is 1.98. The molecule has 1 N–H and O–H groups in total. The van der Waals surface area contributed by atoms with Gasteiger partial charge in [0.05, 0.1) is 11.9 Å². The number of aryl methyl sites for hydroxylation is 2. The summed E-state index contributed by atoms with van der Waals surface area (Å²) in [6, 6.07) is 14.2. The van der Waals surface area contributed by atoms with Gasteiger partial charge in [-0.3, -0.25) is 9.10 Å². The van der Waals surface area contributed by atoms with Crippen molar-refractivity contribution in [1.29, 1.82) is 0 Å². The molecule has 2 aromatic carbocycles. The van der Waals surface area contributed by atoms with E-state index < -0.39 is 16.1 Å². The van der Waals surface area contributed by atoms with E-state index in [1.807, 2.05) is 50.2 Å². The van der Waals surface area contributed by atoms with Crippen LogP contribution in [-0.2, 0) is 27.8 Å². The lowest BCUT2D eigenvalue weighted by molar-refractivity contribution is -0.122. The highest BCUT2D eigenvalue weighted by Gasteiger charge is 2.28. The molecular formula is C20H26N2O3S. The maximum atomic E-state index is 12.6. The number of benzene rings is 2. The Balaban J connectivity index is 2.19. The molecule has 0 spiro atoms. The smallest absolute Gasteiger partial charge is 0.243 e. The number of carbonyl (C=O) groups is 1. The van der Waals surface area contributed by atoms with Crippen molar-refractivity contribution in [2.45, 2.75) is 39.8 Å². The van der Waals surface area contributed by atoms with Gasteiger partial charge in [-0.15, -0.1) is 0 Å². The minimum atomic E-state index is -3.60. The number of anilines is 1. The number of rotatable bonds is 7. The van der Waals surface area contributed by atoms with Crippen LogP contribution in [0.2, 0.25) is 0 Å². The van der Waals surface area contributed by atoms with Gasteiger partial charge < -0.3 is 5.32 Å². The summed E-state index contributed by atoms with van der Waals surface area (Å²) in [4.78, 5) is 12.6. The van der Waals surface area contributed by atoms with Crippen LogP contribution in [0.1, 0.15) is 30.5 Å². The Labute approximate surface area is 156 Å². The van der Waals surface area contributed by atoms with Crippen molar-refractivity contribution < 1.29 is 13.2 Å². The summed E-state index contributed by atoms with van der Waals surface area (Å²) in [7, 11) is -3.60. The van der Waals surface area contributed by atoms with Gasteiger partial charge in [-0.25, -0.2) is 8.42 Å². The summed E-state index contributed by atoms with van der Waals surface area (Å²) in [6.45, 7) is 5.97. The highest BCUT2D eigenvalue weighted by molar-refractivity contribution is 7.92. The Morgan fingerprint density at radius 1 is 1.12 bits per heavy atom. The number of nitrogens with one attached hydrogen (secondary N) is 1. The lowest BCUT2D eigenvalue weighted by Crippen LogP contribution is -2.47. The predicted molar refractivity (Wildman–Crippen MR) is 106 cm³/mol. The number of nitrogens with zero attached hydrogens (tertiary/aromatic N) is 1. The van der Waals surface area contributed by atoms with Crippen molar-refractivity contribution in [2.75, 3.05) is 10.6 Å². The second-order valence-electron chi connectivity index (χ2n) is 6.40. The Hall–Kier alpha value is -2.34. The molecule has 0 bridgehead atoms. The minimum absolute atomic E-state index is 0.335. The van der Waals surface area contributed by atoms with Gasteiger partial charge in [0, 0.05) is 6.54 Å². The van der Waals surface area contributed by atoms with E-state index in [-0.39, 0.29) is 5.91 Å². The molecule has 0 aliphatic heterocycles. The summed E-state index contributed by atoms with van der Waals surface area (Å²) < 4.78 is 25.8. The number of hydrogen-bond acceptors (Lipinski definition) is 3. The van der Waals surface area contributed by atoms with Gasteiger partial charge in [0.1, 0.15) is 6.04 Å². The van der Waals surface area contributed by atoms with E-state index >= 15 is 0 Å². The van der Waals surface area contributed by atoms with Gasteiger partial charge in [0.25, 0.3) is 0 Å². The van der Waals surface area contributed by atoms with Crippen LogP contribution in [-0.4, -0.2) is 26.6 Å². The molecule has 0 aliphatic carbocycles. The first-order chi connectivity index (χ1) is 12.2. The third-order valence-corrected chi connectivity index (χ3v) is 5.64. The number of amides is 1. The van der Waals surface area contributed by atoms with Crippen molar-refractivity contribution in [3.63, 3.8) is 0 Å². The molecule has 0 unspecified atom stereocenters. The zero-order chi connectivity index (χ0) is 19.3. The number of sulfonamides is 1. The molecule has 0 saturated carbocycles. The fraction of sp³-hybridized carbons (Fsp3) is 0.350. The number of carbonyl (C=O) groups excluding carboxylic acids is 1. The fourth-order valence-electron chi connectivity index (χ4n) is 2.83. The predicted octanol–water partition coefficient (Wildman–Crippen LogP) is 3.03. The maximum absolute atomic E-state index is 12.6. The van der Waals surface area contributed by atoms with E-state index in [9.17, 15) is 13.2 Å². The highest BCUT2D eigenvalue weighted by atomic mass is 32.2. The summed E-state index contributed by atoms with van der Waals surface area (Å²) >= 11 is 0. The normalized spacial score (nSPS) is 12.5. The van der Waals surface area contributed by atoms with Crippen LogP contribution in [0, 0.1) is 6.92 Å². The third-order valence-electron chi connectivity index (χ3n) is 4.40. The Kier molecular flexibility index (Phi) is 6.42. The quantitative estimate of drug-likeness (QED) is 0.810. The van der Waals surface area contributed by atoms with E-state index in [4.69, 9.17) is 0 Å². The molecule has 1 atom stereocenters. The van der Waals surface area contributed by atoms with Crippen LogP contribution in [0.15, 0.2) is 48.5 Å². The zero-order valence-corrected chi connectivity index (χ0v) is 16.5. The molecule has 2 aromatic rings. The molecule has 5 nitrogen and oxygen atoms in total. The average molecular weight is 375 g/mol. The van der Waals surface area contributed by atoms with Crippen molar-refractivity contribution >= 4 is 21.6 Å². The first-order valence-corrected chi connectivity index (χ1v) is 10.5. The van der Waals surface area contributed by atoms with E-state index in [1.54, 1.807) is 19.1 Å². The highest BCUT2D eigenvalue weighted by Crippen LogP contribution is 2.22. The van der Waals surface area contributed by atoms with Gasteiger partial charge in [-0.1, -0.05) is 43.3 Å². The third kappa shape index (κ3) is 4.85. The van der Waals surface area contributed by atoms with Crippen LogP contribution >= 0.6 is 0 Å². The lowest BCUT2D eigenvalue weighted by atomic mass is 10.1. The molecule has 6 heteroatoms. The average Bonchev–Trinajstić information content (AvgIpc) is 2.60. The van der Waals surface area contributed by atoms with Crippen LogP contribution in [0.25, 0.3) is 0 Å². The molecule has 2 rings (SSSR count). The first kappa shape index (κ1) is 20.0. The van der Waals surface area contributed by atoms with Gasteiger partial charge in [0.15, 0.2) is 0 Å². The Bertz CT molecular complexity index is 861. The molecule has 0 fully saturated rings. The van der Waals surface area contributed by atoms with Crippen molar-refractivity contribution in [1.82, 2.24) is 5.32 Å². The molecule has 0 aliphatic rings.